The smallest absolute Gasteiger partial charge is 0.317 e. The van der Waals surface area contributed by atoms with E-state index in [9.17, 15) is 14.7 Å². The summed E-state index contributed by atoms with van der Waals surface area (Å²) < 4.78 is 2.40. The predicted octanol–water partition coefficient (Wildman–Crippen LogP) is 4.90. The van der Waals surface area contributed by atoms with Gasteiger partial charge < -0.3 is 19.9 Å². The first-order valence-electron chi connectivity index (χ1n) is 12.7. The summed E-state index contributed by atoms with van der Waals surface area (Å²) in [6, 6.07) is 15.1. The minimum atomic E-state index is -0.683. The van der Waals surface area contributed by atoms with Crippen molar-refractivity contribution in [3.05, 3.63) is 65.0 Å². The monoisotopic (exact) mass is 474 g/mol. The van der Waals surface area contributed by atoms with Gasteiger partial charge in [-0.25, -0.2) is 9.78 Å². The van der Waals surface area contributed by atoms with E-state index in [1.807, 2.05) is 11.0 Å². The second-order valence-electron chi connectivity index (χ2n) is 10.1. The maximum absolute atomic E-state index is 12.4. The summed E-state index contributed by atoms with van der Waals surface area (Å²) in [6.07, 6.45) is 4.78. The molecular weight excluding hydrogens is 440 g/mol. The van der Waals surface area contributed by atoms with Gasteiger partial charge in [0, 0.05) is 37.7 Å². The molecule has 1 saturated carbocycles. The van der Waals surface area contributed by atoms with Crippen molar-refractivity contribution >= 4 is 23.0 Å². The summed E-state index contributed by atoms with van der Waals surface area (Å²) in [6.45, 7) is 3.51. The lowest BCUT2D eigenvalue weighted by Gasteiger charge is -2.29. The van der Waals surface area contributed by atoms with E-state index in [2.05, 4.69) is 53.2 Å². The van der Waals surface area contributed by atoms with Crippen molar-refractivity contribution in [1.82, 2.24) is 19.8 Å². The van der Waals surface area contributed by atoms with Crippen LogP contribution in [-0.2, 0) is 24.2 Å². The molecule has 0 unspecified atom stereocenters. The number of aliphatic carboxylic acids is 1. The van der Waals surface area contributed by atoms with Crippen molar-refractivity contribution < 1.29 is 14.7 Å². The molecule has 0 radical (unpaired) electrons. The Hall–Kier alpha value is -3.35. The Bertz CT molecular complexity index is 1230. The van der Waals surface area contributed by atoms with Gasteiger partial charge in [0.15, 0.2) is 0 Å². The molecule has 7 nitrogen and oxygen atoms in total. The van der Waals surface area contributed by atoms with Gasteiger partial charge in [-0.15, -0.1) is 0 Å². The van der Waals surface area contributed by atoms with Gasteiger partial charge in [-0.2, -0.15) is 0 Å². The van der Waals surface area contributed by atoms with Crippen LogP contribution in [0.15, 0.2) is 42.5 Å². The largest absolute Gasteiger partial charge is 0.481 e. The number of fused-ring (bicyclic) bond motifs is 3. The molecule has 0 spiro atoms. The van der Waals surface area contributed by atoms with E-state index in [1.54, 1.807) is 7.05 Å². The highest BCUT2D eigenvalue weighted by Crippen LogP contribution is 2.40. The molecule has 1 fully saturated rings. The van der Waals surface area contributed by atoms with Crippen LogP contribution >= 0.6 is 0 Å². The minimum absolute atomic E-state index is 0.0586. The molecule has 1 aliphatic heterocycles. The van der Waals surface area contributed by atoms with Gasteiger partial charge in [0.2, 0.25) is 0 Å². The molecule has 35 heavy (non-hydrogen) atoms. The first kappa shape index (κ1) is 23.4. The van der Waals surface area contributed by atoms with Crippen LogP contribution < -0.4 is 5.32 Å². The molecule has 184 valence electrons. The second-order valence-corrected chi connectivity index (χ2v) is 10.1. The Kier molecular flexibility index (Phi) is 6.50. The number of hydrogen-bond acceptors (Lipinski definition) is 3. The number of hydrogen-bond donors (Lipinski definition) is 2. The number of benzene rings is 2. The summed E-state index contributed by atoms with van der Waals surface area (Å²) in [4.78, 5) is 31.0. The number of nitrogens with zero attached hydrogens (tertiary/aromatic N) is 3. The van der Waals surface area contributed by atoms with Crippen molar-refractivity contribution in [1.29, 1.82) is 0 Å². The number of carboxylic acids is 1. The highest BCUT2D eigenvalue weighted by Gasteiger charge is 2.32. The maximum atomic E-state index is 12.4. The SMILES string of the molecule is CNC(=O)N1CCc2ccc3c(nc([C@H]4CC[C@H](C(=O)O)CC4)n3[C@@H](C)Cc3ccccc3)c2C1. The quantitative estimate of drug-likeness (QED) is 0.551. The van der Waals surface area contributed by atoms with E-state index < -0.39 is 5.97 Å². The molecule has 2 aromatic carbocycles. The molecule has 3 aromatic rings. The van der Waals surface area contributed by atoms with Crippen LogP contribution in [0.5, 0.6) is 0 Å². The van der Waals surface area contributed by atoms with Crippen LogP contribution in [0.2, 0.25) is 0 Å². The van der Waals surface area contributed by atoms with Gasteiger partial charge >= 0.3 is 12.0 Å². The first-order valence-corrected chi connectivity index (χ1v) is 12.7. The number of carboxylic acid groups (broad SMARTS) is 1. The molecule has 1 aromatic heterocycles. The van der Waals surface area contributed by atoms with Crippen molar-refractivity contribution in [2.45, 2.75) is 64.0 Å². The zero-order valence-corrected chi connectivity index (χ0v) is 20.5. The number of carbonyl (C=O) groups excluding carboxylic acids is 1. The number of urea groups is 1. The Balaban J connectivity index is 1.56. The third-order valence-electron chi connectivity index (χ3n) is 7.85. The fourth-order valence-electron chi connectivity index (χ4n) is 5.94. The summed E-state index contributed by atoms with van der Waals surface area (Å²) in [5.74, 6) is 0.376. The average molecular weight is 475 g/mol. The van der Waals surface area contributed by atoms with Crippen LogP contribution in [-0.4, -0.2) is 45.2 Å². The summed E-state index contributed by atoms with van der Waals surface area (Å²) in [5, 5.41) is 12.2. The zero-order chi connectivity index (χ0) is 24.5. The van der Waals surface area contributed by atoms with Gasteiger partial charge in [-0.1, -0.05) is 36.4 Å². The van der Waals surface area contributed by atoms with Crippen LogP contribution in [0.3, 0.4) is 0 Å². The van der Waals surface area contributed by atoms with Crippen molar-refractivity contribution in [2.75, 3.05) is 13.6 Å². The molecule has 0 bridgehead atoms. The van der Waals surface area contributed by atoms with Crippen LogP contribution in [0.25, 0.3) is 11.0 Å². The Morgan fingerprint density at radius 2 is 1.86 bits per heavy atom. The van der Waals surface area contributed by atoms with Gasteiger partial charge in [-0.05, 0) is 62.6 Å². The highest BCUT2D eigenvalue weighted by atomic mass is 16.4. The number of imidazole rings is 1. The zero-order valence-electron chi connectivity index (χ0n) is 20.5. The summed E-state index contributed by atoms with van der Waals surface area (Å²) in [7, 11) is 1.67. The van der Waals surface area contributed by atoms with Gasteiger partial charge in [-0.3, -0.25) is 4.79 Å². The van der Waals surface area contributed by atoms with E-state index in [-0.39, 0.29) is 23.9 Å². The highest BCUT2D eigenvalue weighted by molar-refractivity contribution is 5.83. The lowest BCUT2D eigenvalue weighted by molar-refractivity contribution is -0.142. The molecule has 1 atom stereocenters. The lowest BCUT2D eigenvalue weighted by Crippen LogP contribution is -2.41. The van der Waals surface area contributed by atoms with Crippen molar-refractivity contribution in [2.24, 2.45) is 5.92 Å². The molecule has 5 rings (SSSR count). The van der Waals surface area contributed by atoms with Crippen LogP contribution in [0.1, 0.15) is 67.1 Å². The number of aromatic nitrogens is 2. The predicted molar refractivity (Wildman–Crippen MR) is 135 cm³/mol. The van der Waals surface area contributed by atoms with E-state index in [4.69, 9.17) is 4.98 Å². The first-order chi connectivity index (χ1) is 17.0. The Morgan fingerprint density at radius 1 is 1.11 bits per heavy atom. The fourth-order valence-corrected chi connectivity index (χ4v) is 5.94. The number of carbonyl (C=O) groups is 2. The molecule has 1 aliphatic carbocycles. The average Bonchev–Trinajstić information content (AvgIpc) is 3.29. The Labute approximate surface area is 206 Å². The molecule has 2 heterocycles. The van der Waals surface area contributed by atoms with Crippen molar-refractivity contribution in [3.8, 4) is 0 Å². The molecule has 2 N–H and O–H groups in total. The number of rotatable bonds is 5. The van der Waals surface area contributed by atoms with E-state index in [0.29, 0.717) is 25.9 Å². The number of amides is 2. The number of nitrogens with one attached hydrogen (secondary N) is 1. The van der Waals surface area contributed by atoms with Gasteiger partial charge in [0.05, 0.1) is 17.0 Å². The summed E-state index contributed by atoms with van der Waals surface area (Å²) >= 11 is 0. The van der Waals surface area contributed by atoms with Gasteiger partial charge in [0.1, 0.15) is 5.82 Å². The third kappa shape index (κ3) is 4.51. The van der Waals surface area contributed by atoms with Crippen LogP contribution in [0.4, 0.5) is 4.79 Å². The van der Waals surface area contributed by atoms with Gasteiger partial charge in [0.25, 0.3) is 0 Å². The molecule has 0 saturated heterocycles. The van der Waals surface area contributed by atoms with E-state index in [0.717, 1.165) is 48.1 Å². The molecular formula is C28H34N4O3. The maximum Gasteiger partial charge on any atom is 0.317 e. The molecule has 2 aliphatic rings. The molecule has 2 amide bonds. The molecule has 7 heteroatoms. The lowest BCUT2D eigenvalue weighted by atomic mass is 9.81. The Morgan fingerprint density at radius 3 is 2.54 bits per heavy atom. The van der Waals surface area contributed by atoms with Crippen LogP contribution in [0, 0.1) is 5.92 Å². The second kappa shape index (κ2) is 9.72. The van der Waals surface area contributed by atoms with E-state index >= 15 is 0 Å². The van der Waals surface area contributed by atoms with E-state index in [1.165, 1.54) is 11.1 Å². The summed E-state index contributed by atoms with van der Waals surface area (Å²) in [5.41, 5.74) is 5.79. The minimum Gasteiger partial charge on any atom is -0.481 e. The standard InChI is InChI=1S/C28H34N4O3/c1-18(16-19-6-4-3-5-7-19)32-24-13-12-20-14-15-31(28(35)29-2)17-23(20)25(24)30-26(32)21-8-10-22(11-9-21)27(33)34/h3-7,12-13,18,21-22H,8-11,14-17H2,1-2H3,(H,29,35)(H,33,34)/t18-,21-,22-/m0/s1. The van der Waals surface area contributed by atoms with Crippen molar-refractivity contribution in [3.63, 3.8) is 0 Å². The fraction of sp³-hybridized carbons (Fsp3) is 0.464. The topological polar surface area (TPSA) is 87.5 Å². The normalized spacial score (nSPS) is 20.9. The third-order valence-corrected chi connectivity index (χ3v) is 7.85.